The fourth-order valence-corrected chi connectivity index (χ4v) is 1.74. The van der Waals surface area contributed by atoms with Gasteiger partial charge < -0.3 is 4.74 Å². The normalized spacial score (nSPS) is 16.5. The van der Waals surface area contributed by atoms with Gasteiger partial charge in [-0.25, -0.2) is 4.39 Å². The second-order valence-corrected chi connectivity index (χ2v) is 3.86. The van der Waals surface area contributed by atoms with Gasteiger partial charge in [0.05, 0.1) is 5.56 Å². The number of benzene rings is 1. The molecule has 0 amide bonds. The minimum Gasteiger partial charge on any atom is -0.475 e. The van der Waals surface area contributed by atoms with E-state index in [0.29, 0.717) is 12.6 Å². The molecule has 1 heterocycles. The summed E-state index contributed by atoms with van der Waals surface area (Å²) in [6, 6.07) is 1.42. The molecule has 94 valence electrons. The van der Waals surface area contributed by atoms with Crippen LogP contribution in [0.1, 0.15) is 18.1 Å². The lowest BCUT2D eigenvalue weighted by atomic mass is 10.1. The van der Waals surface area contributed by atoms with Crippen LogP contribution in [0.5, 0.6) is 5.75 Å². The lowest BCUT2D eigenvalue weighted by molar-refractivity contribution is -0.137. The molecule has 0 saturated carbocycles. The van der Waals surface area contributed by atoms with Gasteiger partial charge in [0.25, 0.3) is 0 Å². The van der Waals surface area contributed by atoms with Crippen molar-refractivity contribution in [1.29, 1.82) is 0 Å². The van der Waals surface area contributed by atoms with Gasteiger partial charge in [-0.3, -0.25) is 4.90 Å². The number of hydrogen-bond acceptors (Lipinski definition) is 2. The predicted octanol–water partition coefficient (Wildman–Crippen LogP) is 3.02. The van der Waals surface area contributed by atoms with Gasteiger partial charge >= 0.3 is 6.18 Å². The van der Waals surface area contributed by atoms with Crippen molar-refractivity contribution in [1.82, 2.24) is 4.90 Å². The Morgan fingerprint density at radius 1 is 1.35 bits per heavy atom. The summed E-state index contributed by atoms with van der Waals surface area (Å²) in [6.07, 6.45) is -4.54. The third-order valence-electron chi connectivity index (χ3n) is 2.68. The van der Waals surface area contributed by atoms with E-state index in [1.54, 1.807) is 4.90 Å². The molecule has 1 aliphatic rings. The summed E-state index contributed by atoms with van der Waals surface area (Å²) in [4.78, 5) is 1.78. The predicted molar refractivity (Wildman–Crippen MR) is 53.0 cm³/mol. The molecule has 0 aromatic heterocycles. The van der Waals surface area contributed by atoms with Crippen molar-refractivity contribution in [3.05, 3.63) is 29.1 Å². The molecule has 2 rings (SSSR count). The van der Waals surface area contributed by atoms with Crippen LogP contribution in [0.15, 0.2) is 12.1 Å². The summed E-state index contributed by atoms with van der Waals surface area (Å²) in [5, 5.41) is 0. The van der Waals surface area contributed by atoms with Gasteiger partial charge in [-0.1, -0.05) is 6.92 Å². The topological polar surface area (TPSA) is 12.5 Å². The molecule has 0 N–H and O–H groups in total. The number of fused-ring (bicyclic) bond motifs is 1. The Hall–Kier alpha value is -1.30. The largest absolute Gasteiger partial charge is 0.475 e. The van der Waals surface area contributed by atoms with Crippen molar-refractivity contribution in [3.63, 3.8) is 0 Å². The van der Waals surface area contributed by atoms with E-state index >= 15 is 0 Å². The van der Waals surface area contributed by atoms with Crippen molar-refractivity contribution < 1.29 is 22.3 Å². The number of alkyl halides is 3. The quantitative estimate of drug-likeness (QED) is 0.709. The van der Waals surface area contributed by atoms with Gasteiger partial charge in [0.1, 0.15) is 6.73 Å². The lowest BCUT2D eigenvalue weighted by Crippen LogP contribution is -2.32. The van der Waals surface area contributed by atoms with E-state index in [0.717, 1.165) is 6.07 Å². The van der Waals surface area contributed by atoms with E-state index < -0.39 is 17.6 Å². The zero-order valence-corrected chi connectivity index (χ0v) is 9.14. The van der Waals surface area contributed by atoms with E-state index in [-0.39, 0.29) is 24.6 Å². The molecule has 0 saturated heterocycles. The van der Waals surface area contributed by atoms with Crippen LogP contribution in [-0.2, 0) is 12.7 Å². The monoisotopic (exact) mass is 249 g/mol. The van der Waals surface area contributed by atoms with E-state index in [1.165, 1.54) is 0 Å². The SMILES string of the molecule is CCN1COc2c(F)cc(C(F)(F)F)cc2C1. The second-order valence-electron chi connectivity index (χ2n) is 3.86. The molecule has 0 atom stereocenters. The summed E-state index contributed by atoms with van der Waals surface area (Å²) < 4.78 is 56.0. The maximum absolute atomic E-state index is 13.4. The number of nitrogens with zero attached hydrogens (tertiary/aromatic N) is 1. The van der Waals surface area contributed by atoms with Gasteiger partial charge in [-0.15, -0.1) is 0 Å². The van der Waals surface area contributed by atoms with Crippen molar-refractivity contribution in [3.8, 4) is 5.75 Å². The number of hydrogen-bond donors (Lipinski definition) is 0. The second kappa shape index (κ2) is 4.18. The lowest BCUT2D eigenvalue weighted by Gasteiger charge is -2.28. The first-order valence-electron chi connectivity index (χ1n) is 5.16. The minimum absolute atomic E-state index is 0.0669. The highest BCUT2D eigenvalue weighted by atomic mass is 19.4. The van der Waals surface area contributed by atoms with Gasteiger partial charge in [-0.05, 0) is 18.7 Å². The van der Waals surface area contributed by atoms with Crippen LogP contribution in [0.2, 0.25) is 0 Å². The first-order valence-corrected chi connectivity index (χ1v) is 5.16. The molecular formula is C11H11F4NO. The Morgan fingerprint density at radius 3 is 2.65 bits per heavy atom. The highest BCUT2D eigenvalue weighted by molar-refractivity contribution is 5.40. The molecule has 0 unspecified atom stereocenters. The summed E-state index contributed by atoms with van der Waals surface area (Å²) in [6.45, 7) is 2.97. The van der Waals surface area contributed by atoms with Crippen LogP contribution >= 0.6 is 0 Å². The number of halogens is 4. The summed E-state index contributed by atoms with van der Waals surface area (Å²) in [5.41, 5.74) is -0.735. The molecule has 0 aliphatic carbocycles. The fourth-order valence-electron chi connectivity index (χ4n) is 1.74. The van der Waals surface area contributed by atoms with Crippen LogP contribution in [0.4, 0.5) is 17.6 Å². The highest BCUT2D eigenvalue weighted by Crippen LogP contribution is 2.36. The first-order chi connectivity index (χ1) is 7.91. The van der Waals surface area contributed by atoms with Crippen molar-refractivity contribution >= 4 is 0 Å². The molecule has 0 bridgehead atoms. The first kappa shape index (κ1) is 12.2. The van der Waals surface area contributed by atoms with Gasteiger partial charge in [0.2, 0.25) is 0 Å². The molecular weight excluding hydrogens is 238 g/mol. The standard InChI is InChI=1S/C11H11F4NO/c1-2-16-5-7-3-8(11(13,14)15)4-9(12)10(7)17-6-16/h3-4H,2,5-6H2,1H3. The van der Waals surface area contributed by atoms with Crippen molar-refractivity contribution in [2.75, 3.05) is 13.3 Å². The molecule has 1 aromatic carbocycles. The van der Waals surface area contributed by atoms with E-state index in [1.807, 2.05) is 6.92 Å². The zero-order valence-electron chi connectivity index (χ0n) is 9.14. The number of rotatable bonds is 1. The van der Waals surface area contributed by atoms with Crippen molar-refractivity contribution in [2.24, 2.45) is 0 Å². The Labute approximate surface area is 95.8 Å². The van der Waals surface area contributed by atoms with Gasteiger partial charge in [0, 0.05) is 12.1 Å². The fraction of sp³-hybridized carbons (Fsp3) is 0.455. The Morgan fingerprint density at radius 2 is 2.06 bits per heavy atom. The molecule has 1 aromatic rings. The van der Waals surface area contributed by atoms with Crippen LogP contribution in [0.3, 0.4) is 0 Å². The maximum Gasteiger partial charge on any atom is 0.416 e. The molecule has 17 heavy (non-hydrogen) atoms. The summed E-state index contributed by atoms with van der Waals surface area (Å²) in [7, 11) is 0. The van der Waals surface area contributed by atoms with Crippen LogP contribution < -0.4 is 4.74 Å². The highest BCUT2D eigenvalue weighted by Gasteiger charge is 2.33. The van der Waals surface area contributed by atoms with Crippen LogP contribution in [0.25, 0.3) is 0 Å². The average Bonchev–Trinajstić information content (AvgIpc) is 2.27. The molecule has 0 fully saturated rings. The Balaban J connectivity index is 2.42. The Kier molecular flexibility index (Phi) is 2.99. The maximum atomic E-state index is 13.4. The Bertz CT molecular complexity index is 430. The summed E-state index contributed by atoms with van der Waals surface area (Å²) in [5.74, 6) is -1.02. The molecule has 0 spiro atoms. The van der Waals surface area contributed by atoms with E-state index in [2.05, 4.69) is 0 Å². The van der Waals surface area contributed by atoms with Crippen molar-refractivity contribution in [2.45, 2.75) is 19.6 Å². The van der Waals surface area contributed by atoms with Crippen LogP contribution in [-0.4, -0.2) is 18.2 Å². The third-order valence-corrected chi connectivity index (χ3v) is 2.68. The summed E-state index contributed by atoms with van der Waals surface area (Å²) >= 11 is 0. The smallest absolute Gasteiger partial charge is 0.416 e. The van der Waals surface area contributed by atoms with E-state index in [4.69, 9.17) is 4.74 Å². The van der Waals surface area contributed by atoms with Gasteiger partial charge in [0.15, 0.2) is 11.6 Å². The van der Waals surface area contributed by atoms with E-state index in [9.17, 15) is 17.6 Å². The minimum atomic E-state index is -4.54. The van der Waals surface area contributed by atoms with Crippen LogP contribution in [0, 0.1) is 5.82 Å². The van der Waals surface area contributed by atoms with Gasteiger partial charge in [-0.2, -0.15) is 13.2 Å². The molecule has 2 nitrogen and oxygen atoms in total. The number of ether oxygens (including phenoxy) is 1. The molecule has 6 heteroatoms. The molecule has 0 radical (unpaired) electrons. The third kappa shape index (κ3) is 2.36. The zero-order chi connectivity index (χ0) is 12.6. The molecule has 1 aliphatic heterocycles. The average molecular weight is 249 g/mol.